The number of anilines is 1. The molecule has 4 aliphatic rings. The van der Waals surface area contributed by atoms with Crippen molar-refractivity contribution in [1.29, 1.82) is 5.26 Å². The second kappa shape index (κ2) is 7.45. The molecule has 1 unspecified atom stereocenters. The number of aromatic amines is 1. The number of nitrogens with one attached hydrogen (secondary N) is 1. The van der Waals surface area contributed by atoms with Gasteiger partial charge in [0.2, 0.25) is 0 Å². The smallest absolute Gasteiger partial charge is 0.259 e. The van der Waals surface area contributed by atoms with Crippen molar-refractivity contribution >= 4 is 22.8 Å². The summed E-state index contributed by atoms with van der Waals surface area (Å²) in [6.07, 6.45) is 7.37. The maximum absolute atomic E-state index is 13.1. The lowest BCUT2D eigenvalue weighted by molar-refractivity contribution is 0.0510. The maximum atomic E-state index is 13.1. The molecule has 3 saturated heterocycles. The fourth-order valence-corrected chi connectivity index (χ4v) is 6.05. The van der Waals surface area contributed by atoms with E-state index in [9.17, 15) is 10.1 Å². The number of piperidine rings is 3. The van der Waals surface area contributed by atoms with Crippen molar-refractivity contribution in [3.63, 3.8) is 0 Å². The molecule has 4 aliphatic heterocycles. The van der Waals surface area contributed by atoms with Crippen LogP contribution >= 0.6 is 0 Å². The van der Waals surface area contributed by atoms with E-state index >= 15 is 0 Å². The summed E-state index contributed by atoms with van der Waals surface area (Å²) < 4.78 is 0. The zero-order chi connectivity index (χ0) is 23.6. The first-order chi connectivity index (χ1) is 17.2. The van der Waals surface area contributed by atoms with E-state index in [1.54, 1.807) is 23.5 Å². The van der Waals surface area contributed by atoms with E-state index in [4.69, 9.17) is 4.98 Å². The summed E-state index contributed by atoms with van der Waals surface area (Å²) in [5.74, 6) is 0.297. The zero-order valence-electron chi connectivity index (χ0n) is 19.1. The van der Waals surface area contributed by atoms with Crippen molar-refractivity contribution in [2.75, 3.05) is 24.5 Å². The first-order valence-electron chi connectivity index (χ1n) is 12.0. The highest BCUT2D eigenvalue weighted by Crippen LogP contribution is 2.44. The van der Waals surface area contributed by atoms with Crippen LogP contribution in [0.5, 0.6) is 0 Å². The summed E-state index contributed by atoms with van der Waals surface area (Å²) in [4.78, 5) is 34.5. The Morgan fingerprint density at radius 3 is 2.77 bits per heavy atom. The standard InChI is InChI=1S/C27H23N7O/c28-15-27(16-33-9-6-19(27)7-10-33)23-11-17(5-8-29-23)21-12-30-25-24(32-21)22(13-31-25)34-14-18-3-1-2-4-20(18)26(34)35/h1-5,8,11-13,19H,6-7,9-10,14,16H2,(H,30,31). The molecule has 2 bridgehead atoms. The highest BCUT2D eigenvalue weighted by molar-refractivity contribution is 6.13. The third-order valence-corrected chi connectivity index (χ3v) is 7.94. The number of benzene rings is 1. The van der Waals surface area contributed by atoms with Gasteiger partial charge in [-0.25, -0.2) is 9.97 Å². The average molecular weight is 462 g/mol. The molecule has 35 heavy (non-hydrogen) atoms. The second-order valence-corrected chi connectivity index (χ2v) is 9.74. The molecular formula is C27H23N7O. The fourth-order valence-electron chi connectivity index (χ4n) is 6.05. The Kier molecular flexibility index (Phi) is 4.32. The minimum absolute atomic E-state index is 0.0294. The van der Waals surface area contributed by atoms with Gasteiger partial charge in [0.1, 0.15) is 10.9 Å². The highest BCUT2D eigenvalue weighted by Gasteiger charge is 2.49. The van der Waals surface area contributed by atoms with Gasteiger partial charge in [-0.3, -0.25) is 9.78 Å². The van der Waals surface area contributed by atoms with E-state index in [0.29, 0.717) is 29.3 Å². The number of carbonyl (C=O) groups is 1. The van der Waals surface area contributed by atoms with Crippen molar-refractivity contribution in [2.45, 2.75) is 24.8 Å². The second-order valence-electron chi connectivity index (χ2n) is 9.74. The molecule has 172 valence electrons. The molecule has 1 amide bonds. The van der Waals surface area contributed by atoms with Gasteiger partial charge in [-0.2, -0.15) is 5.26 Å². The molecule has 3 aromatic heterocycles. The number of pyridine rings is 1. The molecular weight excluding hydrogens is 438 g/mol. The van der Waals surface area contributed by atoms with Crippen molar-refractivity contribution in [3.8, 4) is 17.3 Å². The Morgan fingerprint density at radius 1 is 1.14 bits per heavy atom. The fraction of sp³-hybridized carbons (Fsp3) is 0.296. The Balaban J connectivity index is 1.28. The molecule has 8 nitrogen and oxygen atoms in total. The molecule has 4 aromatic rings. The molecule has 8 rings (SSSR count). The number of hydrogen-bond donors (Lipinski definition) is 1. The Morgan fingerprint density at radius 2 is 2.00 bits per heavy atom. The summed E-state index contributed by atoms with van der Waals surface area (Å²) in [5, 5.41) is 10.3. The molecule has 3 fully saturated rings. The minimum atomic E-state index is -0.586. The highest BCUT2D eigenvalue weighted by atomic mass is 16.2. The molecule has 0 aliphatic carbocycles. The molecule has 0 radical (unpaired) electrons. The third-order valence-electron chi connectivity index (χ3n) is 7.94. The van der Waals surface area contributed by atoms with E-state index in [0.717, 1.165) is 60.5 Å². The van der Waals surface area contributed by atoms with Gasteiger partial charge < -0.3 is 14.8 Å². The monoisotopic (exact) mass is 461 g/mol. The van der Waals surface area contributed by atoms with Crippen molar-refractivity contribution in [3.05, 3.63) is 71.8 Å². The SMILES string of the molecule is N#CC1(c2cc(-c3cnc4[nH]cc(N5Cc6ccccc6C5=O)c4n3)ccn2)CN2CCC1CC2. The lowest BCUT2D eigenvalue weighted by Crippen LogP contribution is -2.56. The van der Waals surface area contributed by atoms with E-state index in [2.05, 4.69) is 25.9 Å². The molecule has 7 heterocycles. The van der Waals surface area contributed by atoms with Gasteiger partial charge in [0.25, 0.3) is 5.91 Å². The van der Waals surface area contributed by atoms with Crippen LogP contribution in [-0.2, 0) is 12.0 Å². The van der Waals surface area contributed by atoms with Crippen molar-refractivity contribution in [2.24, 2.45) is 5.92 Å². The summed E-state index contributed by atoms with van der Waals surface area (Å²) in [6.45, 7) is 3.36. The van der Waals surface area contributed by atoms with Gasteiger partial charge in [0.15, 0.2) is 5.65 Å². The van der Waals surface area contributed by atoms with Crippen LogP contribution in [-0.4, -0.2) is 50.4 Å². The predicted molar refractivity (Wildman–Crippen MR) is 131 cm³/mol. The van der Waals surface area contributed by atoms with Gasteiger partial charge >= 0.3 is 0 Å². The minimum Gasteiger partial charge on any atom is -0.343 e. The van der Waals surface area contributed by atoms with E-state index in [1.165, 1.54) is 0 Å². The number of nitrogens with zero attached hydrogens (tertiary/aromatic N) is 6. The predicted octanol–water partition coefficient (Wildman–Crippen LogP) is 3.67. The number of aromatic nitrogens is 4. The Labute approximate surface area is 202 Å². The average Bonchev–Trinajstić information content (AvgIpc) is 3.49. The first kappa shape index (κ1) is 20.3. The molecule has 1 atom stereocenters. The van der Waals surface area contributed by atoms with Crippen LogP contribution in [0.4, 0.5) is 5.69 Å². The van der Waals surface area contributed by atoms with Crippen LogP contribution in [0.25, 0.3) is 22.4 Å². The third kappa shape index (κ3) is 2.95. The zero-order valence-corrected chi connectivity index (χ0v) is 19.1. The summed E-state index contributed by atoms with van der Waals surface area (Å²) in [5.41, 5.74) is 5.53. The molecule has 0 saturated carbocycles. The van der Waals surface area contributed by atoms with Gasteiger partial charge in [0.05, 0.1) is 35.9 Å². The van der Waals surface area contributed by atoms with Crippen LogP contribution in [0.15, 0.2) is 55.0 Å². The Bertz CT molecular complexity index is 1530. The van der Waals surface area contributed by atoms with Gasteiger partial charge in [-0.15, -0.1) is 0 Å². The molecule has 1 N–H and O–H groups in total. The van der Waals surface area contributed by atoms with Crippen molar-refractivity contribution in [1.82, 2.24) is 24.8 Å². The lowest BCUT2D eigenvalue weighted by atomic mass is 9.65. The molecule has 1 aromatic carbocycles. The first-order valence-corrected chi connectivity index (χ1v) is 12.0. The summed E-state index contributed by atoms with van der Waals surface area (Å²) in [7, 11) is 0. The van der Waals surface area contributed by atoms with Gasteiger partial charge in [0, 0.05) is 30.1 Å². The van der Waals surface area contributed by atoms with Crippen LogP contribution in [0, 0.1) is 17.2 Å². The maximum Gasteiger partial charge on any atom is 0.259 e. The van der Waals surface area contributed by atoms with E-state index in [1.807, 2.05) is 36.4 Å². The molecule has 0 spiro atoms. The number of amides is 1. The van der Waals surface area contributed by atoms with E-state index in [-0.39, 0.29) is 5.91 Å². The van der Waals surface area contributed by atoms with Crippen molar-refractivity contribution < 1.29 is 4.79 Å². The number of hydrogen-bond acceptors (Lipinski definition) is 6. The molecule has 8 heteroatoms. The van der Waals surface area contributed by atoms with Gasteiger partial charge in [-0.1, -0.05) is 18.2 Å². The Hall–Kier alpha value is -4.09. The number of nitriles is 1. The summed E-state index contributed by atoms with van der Waals surface area (Å²) in [6, 6.07) is 14.2. The normalized spacial score (nSPS) is 25.1. The van der Waals surface area contributed by atoms with Gasteiger partial charge in [-0.05, 0) is 55.6 Å². The number of carbonyl (C=O) groups excluding carboxylic acids is 1. The number of fused-ring (bicyclic) bond motifs is 5. The topological polar surface area (TPSA) is 102 Å². The van der Waals surface area contributed by atoms with Crippen LogP contribution < -0.4 is 4.90 Å². The lowest BCUT2D eigenvalue weighted by Gasteiger charge is -2.49. The largest absolute Gasteiger partial charge is 0.343 e. The summed E-state index contributed by atoms with van der Waals surface area (Å²) >= 11 is 0. The van der Waals surface area contributed by atoms with Crippen LogP contribution in [0.3, 0.4) is 0 Å². The van der Waals surface area contributed by atoms with E-state index < -0.39 is 5.41 Å². The number of rotatable bonds is 3. The van der Waals surface area contributed by atoms with Crippen LogP contribution in [0.1, 0.15) is 34.5 Å². The quantitative estimate of drug-likeness (QED) is 0.500. The number of H-pyrrole nitrogens is 1. The van der Waals surface area contributed by atoms with Crippen LogP contribution in [0.2, 0.25) is 0 Å².